The Kier molecular flexibility index (Phi) is 5.56. The van der Waals surface area contributed by atoms with Crippen LogP contribution in [0.5, 0.6) is 0 Å². The molecule has 0 fully saturated rings. The van der Waals surface area contributed by atoms with Crippen LogP contribution in [0.15, 0.2) is 72.1 Å². The predicted octanol–water partition coefficient (Wildman–Crippen LogP) is 4.33. The average Bonchev–Trinajstić information content (AvgIpc) is 3.10. The summed E-state index contributed by atoms with van der Waals surface area (Å²) in [5, 5.41) is 0.822. The number of hydrogen-bond donors (Lipinski definition) is 0. The van der Waals surface area contributed by atoms with E-state index in [4.69, 9.17) is 0 Å². The predicted molar refractivity (Wildman–Crippen MR) is 103 cm³/mol. The second-order valence-corrected chi connectivity index (χ2v) is 6.62. The van der Waals surface area contributed by atoms with Gasteiger partial charge >= 0.3 is 0 Å². The maximum Gasteiger partial charge on any atom is 0.237 e. The summed E-state index contributed by atoms with van der Waals surface area (Å²) in [6.45, 7) is 4.70. The third-order valence-electron chi connectivity index (χ3n) is 3.90. The van der Waals surface area contributed by atoms with Crippen molar-refractivity contribution in [2.24, 2.45) is 0 Å². The number of benzene rings is 2. The molecule has 0 aliphatic rings. The highest BCUT2D eigenvalue weighted by Gasteiger charge is 2.15. The Hall–Kier alpha value is -2.53. The molecular weight excluding hydrogens is 330 g/mol. The van der Waals surface area contributed by atoms with Crippen LogP contribution in [0.1, 0.15) is 12.5 Å². The summed E-state index contributed by atoms with van der Waals surface area (Å²) >= 11 is 1.46. The van der Waals surface area contributed by atoms with Crippen molar-refractivity contribution in [3.8, 4) is 5.69 Å². The highest BCUT2D eigenvalue weighted by atomic mass is 32.2. The van der Waals surface area contributed by atoms with E-state index in [0.29, 0.717) is 12.3 Å². The van der Waals surface area contributed by atoms with Crippen molar-refractivity contribution in [3.05, 3.63) is 72.6 Å². The molecule has 25 heavy (non-hydrogen) atoms. The zero-order valence-electron chi connectivity index (χ0n) is 14.4. The van der Waals surface area contributed by atoms with Crippen LogP contribution >= 0.6 is 11.8 Å². The zero-order chi connectivity index (χ0) is 17.6. The number of nitrogens with zero attached hydrogens (tertiary/aromatic N) is 3. The van der Waals surface area contributed by atoms with Crippen LogP contribution in [0.4, 0.5) is 5.69 Å². The number of aromatic nitrogens is 2. The van der Waals surface area contributed by atoms with E-state index in [1.807, 2.05) is 60.2 Å². The fourth-order valence-electron chi connectivity index (χ4n) is 2.69. The van der Waals surface area contributed by atoms with Gasteiger partial charge in [-0.25, -0.2) is 4.98 Å². The highest BCUT2D eigenvalue weighted by Crippen LogP contribution is 2.22. The number of anilines is 1. The van der Waals surface area contributed by atoms with Crippen LogP contribution in [0.25, 0.3) is 5.69 Å². The van der Waals surface area contributed by atoms with Crippen molar-refractivity contribution in [2.45, 2.75) is 19.0 Å². The molecule has 0 bridgehead atoms. The van der Waals surface area contributed by atoms with Crippen LogP contribution < -0.4 is 4.90 Å². The second-order valence-electron chi connectivity index (χ2n) is 5.68. The standard InChI is InChI=1S/C20H21N3OS/c1-3-22(17-9-5-4-6-10-17)19(24)15-25-20-21-12-13-23(20)18-11-7-8-16(2)14-18/h4-14H,3,15H2,1-2H3. The van der Waals surface area contributed by atoms with Gasteiger partial charge in [-0.15, -0.1) is 0 Å². The molecule has 0 N–H and O–H groups in total. The molecule has 1 aromatic heterocycles. The first-order chi connectivity index (χ1) is 12.2. The number of carbonyl (C=O) groups is 1. The molecule has 0 saturated carbocycles. The van der Waals surface area contributed by atoms with Gasteiger partial charge in [0.2, 0.25) is 5.91 Å². The number of para-hydroxylation sites is 1. The molecule has 0 spiro atoms. The third-order valence-corrected chi connectivity index (χ3v) is 4.85. The van der Waals surface area contributed by atoms with E-state index >= 15 is 0 Å². The normalized spacial score (nSPS) is 10.6. The van der Waals surface area contributed by atoms with Gasteiger partial charge in [-0.3, -0.25) is 9.36 Å². The van der Waals surface area contributed by atoms with Gasteiger partial charge in [0, 0.05) is 30.3 Å². The van der Waals surface area contributed by atoms with Crippen LogP contribution in [0, 0.1) is 6.92 Å². The van der Waals surface area contributed by atoms with Crippen molar-refractivity contribution >= 4 is 23.4 Å². The molecule has 4 nitrogen and oxygen atoms in total. The fraction of sp³-hybridized carbons (Fsp3) is 0.200. The first-order valence-electron chi connectivity index (χ1n) is 8.27. The van der Waals surface area contributed by atoms with E-state index in [0.717, 1.165) is 16.5 Å². The molecule has 0 radical (unpaired) electrons. The molecule has 0 atom stereocenters. The van der Waals surface area contributed by atoms with Crippen LogP contribution in [-0.2, 0) is 4.79 Å². The molecule has 128 valence electrons. The molecule has 0 saturated heterocycles. The smallest absolute Gasteiger partial charge is 0.237 e. The van der Waals surface area contributed by atoms with Crippen molar-refractivity contribution < 1.29 is 4.79 Å². The lowest BCUT2D eigenvalue weighted by molar-refractivity contribution is -0.116. The van der Waals surface area contributed by atoms with Gasteiger partial charge in [0.25, 0.3) is 0 Å². The van der Waals surface area contributed by atoms with Crippen molar-refractivity contribution in [2.75, 3.05) is 17.2 Å². The number of thioether (sulfide) groups is 1. The van der Waals surface area contributed by atoms with Gasteiger partial charge in [-0.2, -0.15) is 0 Å². The number of amides is 1. The van der Waals surface area contributed by atoms with E-state index in [1.165, 1.54) is 17.3 Å². The minimum atomic E-state index is 0.0810. The maximum absolute atomic E-state index is 12.6. The molecule has 0 unspecified atom stereocenters. The van der Waals surface area contributed by atoms with E-state index in [1.54, 1.807) is 11.1 Å². The first kappa shape index (κ1) is 17.3. The summed E-state index contributed by atoms with van der Waals surface area (Å²) in [5.41, 5.74) is 3.18. The molecule has 3 rings (SSSR count). The van der Waals surface area contributed by atoms with Crippen LogP contribution in [-0.4, -0.2) is 27.8 Å². The van der Waals surface area contributed by atoms with Crippen molar-refractivity contribution in [1.82, 2.24) is 9.55 Å². The summed E-state index contributed by atoms with van der Waals surface area (Å²) in [7, 11) is 0. The van der Waals surface area contributed by atoms with Crippen LogP contribution in [0.2, 0.25) is 0 Å². The maximum atomic E-state index is 12.6. The summed E-state index contributed by atoms with van der Waals surface area (Å²) in [4.78, 5) is 18.8. The molecule has 3 aromatic rings. The molecule has 5 heteroatoms. The Labute approximate surface area is 152 Å². The minimum absolute atomic E-state index is 0.0810. The molecular formula is C20H21N3OS. The minimum Gasteiger partial charge on any atom is -0.312 e. The lowest BCUT2D eigenvalue weighted by Gasteiger charge is -2.20. The average molecular weight is 351 g/mol. The van der Waals surface area contributed by atoms with E-state index in [2.05, 4.69) is 24.0 Å². The third kappa shape index (κ3) is 4.12. The Morgan fingerprint density at radius 3 is 2.68 bits per heavy atom. The Morgan fingerprint density at radius 1 is 1.16 bits per heavy atom. The lowest BCUT2D eigenvalue weighted by Crippen LogP contribution is -2.32. The van der Waals surface area contributed by atoms with Crippen LogP contribution in [0.3, 0.4) is 0 Å². The number of imidazole rings is 1. The molecule has 1 heterocycles. The van der Waals surface area contributed by atoms with Gasteiger partial charge in [0.1, 0.15) is 0 Å². The van der Waals surface area contributed by atoms with E-state index in [-0.39, 0.29) is 5.91 Å². The van der Waals surface area contributed by atoms with Gasteiger partial charge in [-0.1, -0.05) is 42.1 Å². The molecule has 0 aliphatic heterocycles. The quantitative estimate of drug-likeness (QED) is 0.621. The van der Waals surface area contributed by atoms with E-state index < -0.39 is 0 Å². The summed E-state index contributed by atoms with van der Waals surface area (Å²) in [6.07, 6.45) is 3.69. The number of aryl methyl sites for hydroxylation is 1. The summed E-state index contributed by atoms with van der Waals surface area (Å²) < 4.78 is 2.02. The van der Waals surface area contributed by atoms with Gasteiger partial charge < -0.3 is 4.90 Å². The number of hydrogen-bond acceptors (Lipinski definition) is 3. The monoisotopic (exact) mass is 351 g/mol. The fourth-order valence-corrected chi connectivity index (χ4v) is 3.54. The SMILES string of the molecule is CCN(C(=O)CSc1nccn1-c1cccc(C)c1)c1ccccc1. The topological polar surface area (TPSA) is 38.1 Å². The largest absolute Gasteiger partial charge is 0.312 e. The lowest BCUT2D eigenvalue weighted by atomic mass is 10.2. The first-order valence-corrected chi connectivity index (χ1v) is 9.26. The van der Waals surface area contributed by atoms with Gasteiger partial charge in [0.05, 0.1) is 5.75 Å². The zero-order valence-corrected chi connectivity index (χ0v) is 15.2. The van der Waals surface area contributed by atoms with Gasteiger partial charge in [-0.05, 0) is 43.7 Å². The van der Waals surface area contributed by atoms with Crippen molar-refractivity contribution in [1.29, 1.82) is 0 Å². The molecule has 1 amide bonds. The molecule has 2 aromatic carbocycles. The number of carbonyl (C=O) groups excluding carboxylic acids is 1. The summed E-state index contributed by atoms with van der Waals surface area (Å²) in [5.74, 6) is 0.434. The highest BCUT2D eigenvalue weighted by molar-refractivity contribution is 7.99. The Bertz CT molecular complexity index is 845. The Balaban J connectivity index is 1.72. The molecule has 0 aliphatic carbocycles. The second kappa shape index (κ2) is 8.03. The number of rotatable bonds is 6. The van der Waals surface area contributed by atoms with Gasteiger partial charge in [0.15, 0.2) is 5.16 Å². The van der Waals surface area contributed by atoms with Crippen molar-refractivity contribution in [3.63, 3.8) is 0 Å². The summed E-state index contributed by atoms with van der Waals surface area (Å²) in [6, 6.07) is 18.0. The Morgan fingerprint density at radius 2 is 1.96 bits per heavy atom. The van der Waals surface area contributed by atoms with E-state index in [9.17, 15) is 4.79 Å².